The number of fused-ring (bicyclic) bond motifs is 1. The molecule has 1 N–H and O–H groups in total. The van der Waals surface area contributed by atoms with Gasteiger partial charge in [0, 0.05) is 54.5 Å². The van der Waals surface area contributed by atoms with Crippen LogP contribution in [0, 0.1) is 0 Å². The molecular weight excluding hydrogens is 510 g/mol. The summed E-state index contributed by atoms with van der Waals surface area (Å²) in [7, 11) is -4.42. The number of anilines is 1. The number of carbonyl (C=O) groups excluding carboxylic acids is 2. The van der Waals surface area contributed by atoms with E-state index in [1.54, 1.807) is 42.7 Å². The maximum Gasteiger partial charge on any atom is 1.00 e. The third-order valence-electron chi connectivity index (χ3n) is 4.97. The number of urea groups is 1. The number of aliphatic carboxylic acids is 1. The predicted octanol–water partition coefficient (Wildman–Crippen LogP) is -4.34. The van der Waals surface area contributed by atoms with E-state index in [-0.39, 0.29) is 78.5 Å². The molecule has 0 fully saturated rings. The van der Waals surface area contributed by atoms with Crippen molar-refractivity contribution in [2.45, 2.75) is 32.1 Å². The topological polar surface area (TPSA) is 169 Å². The number of oxazole rings is 1. The molecular formula is C22H24N4Na2O7S. The Labute approximate surface area is 253 Å². The minimum absolute atomic E-state index is 0. The molecule has 0 aliphatic carbocycles. The summed E-state index contributed by atoms with van der Waals surface area (Å²) in [5.74, 6) is -1.32. The summed E-state index contributed by atoms with van der Waals surface area (Å²) >= 11 is 0. The second kappa shape index (κ2) is 15.7. The van der Waals surface area contributed by atoms with Crippen molar-refractivity contribution in [2.75, 3.05) is 23.7 Å². The van der Waals surface area contributed by atoms with Gasteiger partial charge in [0.2, 0.25) is 5.89 Å². The normalized spacial score (nSPS) is 10.8. The fourth-order valence-corrected chi connectivity index (χ4v) is 3.79. The van der Waals surface area contributed by atoms with E-state index in [9.17, 15) is 27.7 Å². The second-order valence-electron chi connectivity index (χ2n) is 7.59. The maximum absolute atomic E-state index is 12.8. The number of nitrogens with zero attached hydrogens (tertiary/aromatic N) is 3. The van der Waals surface area contributed by atoms with E-state index in [0.29, 0.717) is 48.5 Å². The Hall–Kier alpha value is -1.51. The van der Waals surface area contributed by atoms with E-state index in [0.717, 1.165) is 5.56 Å². The number of unbranched alkanes of at least 4 members (excludes halogenated alkanes) is 2. The average molecular weight is 535 g/mol. The van der Waals surface area contributed by atoms with E-state index < -0.39 is 27.9 Å². The number of carboxylic acid groups (broad SMARTS) is 1. The number of hydrogen-bond donors (Lipinski definition) is 1. The zero-order valence-corrected chi connectivity index (χ0v) is 25.1. The number of carbonyl (C=O) groups is 2. The van der Waals surface area contributed by atoms with Crippen LogP contribution >= 0.6 is 0 Å². The van der Waals surface area contributed by atoms with Crippen molar-refractivity contribution < 1.29 is 91.2 Å². The van der Waals surface area contributed by atoms with Crippen LogP contribution in [0.25, 0.3) is 22.6 Å². The Bertz CT molecular complexity index is 1240. The molecule has 11 nitrogen and oxygen atoms in total. The number of amides is 2. The molecule has 0 saturated carbocycles. The standard InChI is InChI=1S/C22H26N4O7S.2Na/c27-20(28)5-2-1-3-10-24-22(29)26(13-4-14-34(30,31)32)17-6-7-18-19(15-17)33-21(25-18)16-8-11-23-12-9-16;;/h6-9,11-12,15H,1-5,10,13-14H2,(H,24,29)(H,27,28)(H,30,31,32);;/q;2*+1/p-2. The minimum Gasteiger partial charge on any atom is -0.748 e. The van der Waals surface area contributed by atoms with E-state index in [4.69, 9.17) is 4.42 Å². The van der Waals surface area contributed by atoms with E-state index in [1.165, 1.54) is 4.90 Å². The van der Waals surface area contributed by atoms with Crippen LogP contribution in [-0.4, -0.2) is 53.8 Å². The van der Waals surface area contributed by atoms with Crippen LogP contribution in [0.1, 0.15) is 32.1 Å². The number of carboxylic acids is 1. The van der Waals surface area contributed by atoms with Gasteiger partial charge in [0.1, 0.15) is 5.52 Å². The molecule has 0 aliphatic heterocycles. The van der Waals surface area contributed by atoms with Crippen LogP contribution in [0.15, 0.2) is 47.1 Å². The van der Waals surface area contributed by atoms with E-state index >= 15 is 0 Å². The maximum atomic E-state index is 12.8. The summed E-state index contributed by atoms with van der Waals surface area (Å²) in [4.78, 5) is 33.0. The van der Waals surface area contributed by atoms with Crippen LogP contribution in [0.3, 0.4) is 0 Å². The molecule has 3 aromatic rings. The van der Waals surface area contributed by atoms with Crippen LogP contribution in [-0.2, 0) is 14.9 Å². The second-order valence-corrected chi connectivity index (χ2v) is 9.11. The summed E-state index contributed by atoms with van der Waals surface area (Å²) in [5.41, 5.74) is 2.19. The molecule has 2 heterocycles. The monoisotopic (exact) mass is 534 g/mol. The zero-order chi connectivity index (χ0) is 24.6. The van der Waals surface area contributed by atoms with Crippen LogP contribution in [0.5, 0.6) is 0 Å². The minimum atomic E-state index is -4.42. The van der Waals surface area contributed by atoms with E-state index in [1.807, 2.05) is 0 Å². The van der Waals surface area contributed by atoms with Gasteiger partial charge in [0.15, 0.2) is 5.58 Å². The van der Waals surface area contributed by atoms with Crippen molar-refractivity contribution in [1.29, 1.82) is 0 Å². The molecule has 3 rings (SSSR count). The molecule has 2 amide bonds. The third kappa shape index (κ3) is 10.5. The van der Waals surface area contributed by atoms with Gasteiger partial charge < -0.3 is 24.2 Å². The van der Waals surface area contributed by atoms with Crippen molar-refractivity contribution in [3.63, 3.8) is 0 Å². The molecule has 1 aromatic carbocycles. The van der Waals surface area contributed by atoms with E-state index in [2.05, 4.69) is 15.3 Å². The Morgan fingerprint density at radius 3 is 2.42 bits per heavy atom. The van der Waals surface area contributed by atoms with Gasteiger partial charge >= 0.3 is 65.1 Å². The Morgan fingerprint density at radius 2 is 1.75 bits per heavy atom. The first kappa shape index (κ1) is 32.5. The van der Waals surface area contributed by atoms with Gasteiger partial charge in [0.05, 0.1) is 10.1 Å². The molecule has 0 radical (unpaired) electrons. The van der Waals surface area contributed by atoms with Gasteiger partial charge in [-0.3, -0.25) is 9.88 Å². The van der Waals surface area contributed by atoms with Crippen LogP contribution < -0.4 is 74.4 Å². The van der Waals surface area contributed by atoms with Gasteiger partial charge in [0.25, 0.3) is 0 Å². The zero-order valence-electron chi connectivity index (χ0n) is 20.3. The van der Waals surface area contributed by atoms with Gasteiger partial charge in [-0.2, -0.15) is 0 Å². The molecule has 0 unspecified atom stereocenters. The summed E-state index contributed by atoms with van der Waals surface area (Å²) < 4.78 is 38.8. The Kier molecular flexibility index (Phi) is 14.2. The van der Waals surface area contributed by atoms with Crippen LogP contribution in [0.2, 0.25) is 0 Å². The van der Waals surface area contributed by atoms with Crippen molar-refractivity contribution in [3.05, 3.63) is 42.7 Å². The summed E-state index contributed by atoms with van der Waals surface area (Å²) in [6, 6.07) is 7.99. The SMILES string of the molecule is O=C([O-])CCCCCNC(=O)N(CCCS(=O)(=O)[O-])c1ccc2nc(-c3ccncc3)oc2c1.[Na+].[Na+]. The van der Waals surface area contributed by atoms with Gasteiger partial charge in [-0.05, 0) is 49.9 Å². The number of benzene rings is 1. The van der Waals surface area contributed by atoms with Crippen molar-refractivity contribution in [1.82, 2.24) is 15.3 Å². The predicted molar refractivity (Wildman–Crippen MR) is 121 cm³/mol. The molecule has 182 valence electrons. The molecule has 0 saturated heterocycles. The van der Waals surface area contributed by atoms with Crippen LogP contribution in [0.4, 0.5) is 10.5 Å². The number of rotatable bonds is 12. The first-order valence-electron chi connectivity index (χ1n) is 10.7. The fraction of sp³-hybridized carbons (Fsp3) is 0.364. The van der Waals surface area contributed by atoms with Gasteiger partial charge in [-0.25, -0.2) is 18.2 Å². The third-order valence-corrected chi connectivity index (χ3v) is 5.75. The van der Waals surface area contributed by atoms with Gasteiger partial charge in [-0.15, -0.1) is 0 Å². The quantitative estimate of drug-likeness (QED) is 0.137. The van der Waals surface area contributed by atoms with Crippen molar-refractivity contribution in [2.24, 2.45) is 0 Å². The first-order valence-corrected chi connectivity index (χ1v) is 12.3. The molecule has 0 spiro atoms. The molecule has 0 bridgehead atoms. The van der Waals surface area contributed by atoms with Crippen molar-refractivity contribution in [3.8, 4) is 11.5 Å². The molecule has 14 heteroatoms. The number of nitrogens with one attached hydrogen (secondary N) is 1. The fourth-order valence-electron chi connectivity index (χ4n) is 3.31. The number of hydrogen-bond acceptors (Lipinski definition) is 9. The summed E-state index contributed by atoms with van der Waals surface area (Å²) in [6.07, 6.45) is 4.77. The number of pyridine rings is 1. The molecule has 36 heavy (non-hydrogen) atoms. The molecule has 0 atom stereocenters. The number of aromatic nitrogens is 2. The van der Waals surface area contributed by atoms with Gasteiger partial charge in [-0.1, -0.05) is 6.42 Å². The first-order chi connectivity index (χ1) is 16.2. The largest absolute Gasteiger partial charge is 1.00 e. The Morgan fingerprint density at radius 1 is 1.03 bits per heavy atom. The average Bonchev–Trinajstić information content (AvgIpc) is 3.22. The Balaban J connectivity index is 0.00000324. The molecule has 2 aromatic heterocycles. The summed E-state index contributed by atoms with van der Waals surface area (Å²) in [5, 5.41) is 13.2. The summed E-state index contributed by atoms with van der Waals surface area (Å²) in [6.45, 7) is 0.299. The smallest absolute Gasteiger partial charge is 0.748 e. The van der Waals surface area contributed by atoms with Crippen molar-refractivity contribution >= 4 is 38.9 Å². The molecule has 0 aliphatic rings.